The Balaban J connectivity index is 1.70. The fourth-order valence-electron chi connectivity index (χ4n) is 3.63. The summed E-state index contributed by atoms with van der Waals surface area (Å²) in [6, 6.07) is 3.95. The van der Waals surface area contributed by atoms with Crippen LogP contribution in [-0.2, 0) is 4.79 Å². The van der Waals surface area contributed by atoms with E-state index in [1.54, 1.807) is 7.11 Å². The first-order valence-corrected chi connectivity index (χ1v) is 10.4. The second-order valence-electron chi connectivity index (χ2n) is 8.05. The van der Waals surface area contributed by atoms with E-state index in [0.717, 1.165) is 65.4 Å². The molecule has 0 spiro atoms. The molecule has 0 saturated carbocycles. The number of carbonyl (C=O) groups excluding carboxylic acids is 1. The molecule has 0 radical (unpaired) electrons. The van der Waals surface area contributed by atoms with Crippen molar-refractivity contribution in [1.82, 2.24) is 19.6 Å². The van der Waals surface area contributed by atoms with Crippen LogP contribution in [0.4, 0.5) is 5.82 Å². The Bertz CT molecular complexity index is 1010. The number of fused-ring (bicyclic) bond motifs is 3. The van der Waals surface area contributed by atoms with E-state index < -0.39 is 0 Å². The molecule has 156 valence electrons. The number of ether oxygens (including phenoxy) is 1. The lowest BCUT2D eigenvalue weighted by Crippen LogP contribution is -2.08. The summed E-state index contributed by atoms with van der Waals surface area (Å²) >= 11 is 0. The van der Waals surface area contributed by atoms with E-state index in [0.29, 0.717) is 24.5 Å². The van der Waals surface area contributed by atoms with Crippen LogP contribution in [0.2, 0.25) is 0 Å². The third kappa shape index (κ3) is 4.83. The summed E-state index contributed by atoms with van der Waals surface area (Å²) in [4.78, 5) is 16.6. The summed E-state index contributed by atoms with van der Waals surface area (Å²) in [5.74, 6) is 3.16. The monoisotopic (exact) mass is 397 g/mol. The fraction of sp³-hybridized carbons (Fsp3) is 0.545. The molecule has 2 heterocycles. The van der Waals surface area contributed by atoms with Crippen LogP contribution >= 0.6 is 0 Å². The maximum Gasteiger partial charge on any atom is 0.204 e. The zero-order valence-electron chi connectivity index (χ0n) is 18.1. The number of hydrogen-bond acceptors (Lipinski definition) is 6. The molecule has 0 aliphatic rings. The van der Waals surface area contributed by atoms with Crippen molar-refractivity contribution in [2.24, 2.45) is 5.92 Å². The molecule has 0 aliphatic carbocycles. The van der Waals surface area contributed by atoms with E-state index in [1.165, 1.54) is 0 Å². The normalized spacial score (nSPS) is 11.5. The van der Waals surface area contributed by atoms with Crippen LogP contribution in [0.3, 0.4) is 0 Å². The van der Waals surface area contributed by atoms with Gasteiger partial charge in [-0.1, -0.05) is 20.3 Å². The highest BCUT2D eigenvalue weighted by Crippen LogP contribution is 2.28. The Morgan fingerprint density at radius 1 is 1.17 bits per heavy atom. The van der Waals surface area contributed by atoms with Crippen LogP contribution in [0, 0.1) is 19.8 Å². The third-order valence-electron chi connectivity index (χ3n) is 5.05. The minimum absolute atomic E-state index is 0.371. The van der Waals surface area contributed by atoms with Gasteiger partial charge in [0.25, 0.3) is 0 Å². The number of nitrogens with zero attached hydrogens (tertiary/aromatic N) is 4. The second-order valence-corrected chi connectivity index (χ2v) is 8.05. The summed E-state index contributed by atoms with van der Waals surface area (Å²) in [6.45, 7) is 8.92. The predicted octanol–water partition coefficient (Wildman–Crippen LogP) is 4.49. The Hall–Kier alpha value is -2.70. The molecule has 0 saturated heterocycles. The minimum atomic E-state index is 0.371. The zero-order chi connectivity index (χ0) is 21.0. The van der Waals surface area contributed by atoms with Crippen LogP contribution < -0.4 is 10.1 Å². The summed E-state index contributed by atoms with van der Waals surface area (Å²) in [5, 5.41) is 12.0. The lowest BCUT2D eigenvalue weighted by molar-refractivity contribution is -0.119. The van der Waals surface area contributed by atoms with Crippen LogP contribution in [0.15, 0.2) is 12.1 Å². The predicted molar refractivity (Wildman–Crippen MR) is 116 cm³/mol. The molecule has 0 fully saturated rings. The quantitative estimate of drug-likeness (QED) is 0.508. The molecule has 3 rings (SSSR count). The number of ketones is 1. The molecule has 0 amide bonds. The van der Waals surface area contributed by atoms with Crippen molar-refractivity contribution in [3.63, 3.8) is 0 Å². The Labute approximate surface area is 171 Å². The zero-order valence-corrected chi connectivity index (χ0v) is 18.1. The van der Waals surface area contributed by atoms with Crippen LogP contribution in [-0.4, -0.2) is 39.0 Å². The van der Waals surface area contributed by atoms with Gasteiger partial charge in [0.05, 0.1) is 18.1 Å². The molecular formula is C22H31N5O2. The lowest BCUT2D eigenvalue weighted by atomic mass is 10.0. The lowest BCUT2D eigenvalue weighted by Gasteiger charge is -2.12. The Kier molecular flexibility index (Phi) is 6.67. The number of Topliss-reactive ketones (excluding diaryl/α,β-unsaturated/α-hetero) is 1. The smallest absolute Gasteiger partial charge is 0.204 e. The number of aromatic nitrogens is 4. The average molecular weight is 398 g/mol. The molecule has 29 heavy (non-hydrogen) atoms. The first-order chi connectivity index (χ1) is 13.9. The van der Waals surface area contributed by atoms with Crippen molar-refractivity contribution in [1.29, 1.82) is 0 Å². The highest BCUT2D eigenvalue weighted by molar-refractivity contribution is 5.86. The van der Waals surface area contributed by atoms with E-state index in [1.807, 2.05) is 30.4 Å². The number of unbranched alkanes of at least 4 members (excludes halogenated alkanes) is 2. The van der Waals surface area contributed by atoms with Crippen LogP contribution in [0.1, 0.15) is 57.3 Å². The number of hydrogen-bond donors (Lipinski definition) is 1. The van der Waals surface area contributed by atoms with E-state index in [9.17, 15) is 4.79 Å². The number of benzene rings is 1. The number of rotatable bonds is 10. The van der Waals surface area contributed by atoms with Crippen molar-refractivity contribution < 1.29 is 9.53 Å². The topological polar surface area (TPSA) is 81.4 Å². The van der Waals surface area contributed by atoms with Crippen molar-refractivity contribution in [2.75, 3.05) is 19.0 Å². The number of methoxy groups -OCH3 is 1. The van der Waals surface area contributed by atoms with Gasteiger partial charge in [-0.25, -0.2) is 4.98 Å². The first-order valence-electron chi connectivity index (χ1n) is 10.4. The van der Waals surface area contributed by atoms with Gasteiger partial charge in [0.2, 0.25) is 5.65 Å². The van der Waals surface area contributed by atoms with Crippen LogP contribution in [0.25, 0.3) is 16.7 Å². The maximum absolute atomic E-state index is 11.8. The third-order valence-corrected chi connectivity index (χ3v) is 5.05. The Morgan fingerprint density at radius 3 is 2.69 bits per heavy atom. The molecule has 3 aromatic rings. The van der Waals surface area contributed by atoms with Gasteiger partial charge < -0.3 is 10.1 Å². The van der Waals surface area contributed by atoms with Gasteiger partial charge in [0.1, 0.15) is 17.4 Å². The fourth-order valence-corrected chi connectivity index (χ4v) is 3.63. The highest BCUT2D eigenvalue weighted by Gasteiger charge is 2.15. The molecule has 0 unspecified atom stereocenters. The van der Waals surface area contributed by atoms with E-state index >= 15 is 0 Å². The summed E-state index contributed by atoms with van der Waals surface area (Å²) in [7, 11) is 1.66. The number of nitrogens with one attached hydrogen (secondary N) is 1. The summed E-state index contributed by atoms with van der Waals surface area (Å²) < 4.78 is 7.44. The summed E-state index contributed by atoms with van der Waals surface area (Å²) in [5.41, 5.74) is 3.60. The molecule has 7 nitrogen and oxygen atoms in total. The first kappa shape index (κ1) is 21.0. The number of aryl methyl sites for hydroxylation is 2. The van der Waals surface area contributed by atoms with Gasteiger partial charge in [-0.3, -0.25) is 9.20 Å². The molecule has 2 aromatic heterocycles. The summed E-state index contributed by atoms with van der Waals surface area (Å²) in [6.07, 6.45) is 4.31. The van der Waals surface area contributed by atoms with Gasteiger partial charge in [-0.2, -0.15) is 0 Å². The van der Waals surface area contributed by atoms with Crippen molar-refractivity contribution in [2.45, 2.75) is 59.8 Å². The highest BCUT2D eigenvalue weighted by atomic mass is 16.5. The maximum atomic E-state index is 11.8. The van der Waals surface area contributed by atoms with Crippen molar-refractivity contribution in [3.8, 4) is 5.75 Å². The molecule has 0 bridgehead atoms. The number of anilines is 1. The van der Waals surface area contributed by atoms with Gasteiger partial charge >= 0.3 is 0 Å². The van der Waals surface area contributed by atoms with E-state index in [-0.39, 0.29) is 0 Å². The minimum Gasteiger partial charge on any atom is -0.497 e. The second kappa shape index (κ2) is 9.20. The molecule has 0 aliphatic heterocycles. The largest absolute Gasteiger partial charge is 0.497 e. The van der Waals surface area contributed by atoms with Gasteiger partial charge in [0, 0.05) is 25.5 Å². The van der Waals surface area contributed by atoms with E-state index in [4.69, 9.17) is 9.72 Å². The van der Waals surface area contributed by atoms with Gasteiger partial charge in [-0.05, 0) is 44.2 Å². The van der Waals surface area contributed by atoms with Gasteiger partial charge in [-0.15, -0.1) is 10.2 Å². The van der Waals surface area contributed by atoms with E-state index in [2.05, 4.69) is 29.4 Å². The van der Waals surface area contributed by atoms with Gasteiger partial charge in [0.15, 0.2) is 5.82 Å². The average Bonchev–Trinajstić information content (AvgIpc) is 3.06. The molecule has 7 heteroatoms. The molecule has 0 atom stereocenters. The standard InChI is InChI=1S/C22H31N5O2/c1-14(2)11-17(28)9-7-6-8-10-23-21-22-26-25-16(4)27(22)19-13-18(29-5)12-15(3)20(19)24-21/h12-14H,6-11H2,1-5H3,(H,23,24). The SMILES string of the molecule is COc1cc(C)c2nc(NCCCCCC(=O)CC(C)C)c3nnc(C)n3c2c1. The Morgan fingerprint density at radius 2 is 1.97 bits per heavy atom. The molecule has 1 N–H and O–H groups in total. The van der Waals surface area contributed by atoms with Crippen molar-refractivity contribution in [3.05, 3.63) is 23.5 Å². The molecule has 1 aromatic carbocycles. The van der Waals surface area contributed by atoms with Crippen LogP contribution in [0.5, 0.6) is 5.75 Å². The van der Waals surface area contributed by atoms with Crippen molar-refractivity contribution >= 4 is 28.3 Å². The number of carbonyl (C=O) groups is 1. The molecular weight excluding hydrogens is 366 g/mol.